The van der Waals surface area contributed by atoms with Crippen LogP contribution in [0, 0.1) is 0 Å². The third-order valence-electron chi connectivity index (χ3n) is 6.52. The van der Waals surface area contributed by atoms with E-state index < -0.39 is 0 Å². The van der Waals surface area contributed by atoms with E-state index in [1.807, 2.05) is 159 Å². The molecule has 66 heavy (non-hydrogen) atoms. The summed E-state index contributed by atoms with van der Waals surface area (Å²) < 4.78 is 4.83. The van der Waals surface area contributed by atoms with Gasteiger partial charge in [-0.25, -0.2) is 0 Å². The van der Waals surface area contributed by atoms with Gasteiger partial charge < -0.3 is 88.0 Å². The summed E-state index contributed by atoms with van der Waals surface area (Å²) in [6.45, 7) is 5.67. The van der Waals surface area contributed by atoms with Crippen LogP contribution in [0.2, 0.25) is 0 Å². The minimum Gasteiger partial charge on any atom is -0.382 e. The first kappa shape index (κ1) is 60.7. The number of ether oxygens (including phenoxy) is 1. The second kappa shape index (κ2) is 42.8. The summed E-state index contributed by atoms with van der Waals surface area (Å²) in [6, 6.07) is 44.8. The molecule has 0 spiro atoms. The van der Waals surface area contributed by atoms with E-state index in [1.54, 1.807) is 49.6 Å². The van der Waals surface area contributed by atoms with Crippen molar-refractivity contribution in [1.82, 2.24) is 39.9 Å². The molecule has 0 fully saturated rings. The predicted octanol–water partition coefficient (Wildman–Crippen LogP) is 14.0. The van der Waals surface area contributed by atoms with E-state index in [1.165, 1.54) is 9.82 Å². The van der Waals surface area contributed by atoms with Gasteiger partial charge in [-0.2, -0.15) is 0 Å². The second-order valence-electron chi connectivity index (χ2n) is 10.9. The SMILES string of the molecule is CCOCC.[Cr+2].[Cr+2].[Fe+2].[N-]=[N+]=[N-].[N-]=[N+]=[N-].c1ccc([N-]c2ccccn2)nc1.c1ccc([N-]c2ccccn2)nc1.c1ccc([N-]c2ccccn2)nc1.c1ccc([N-]c2ccccn2)nc1. The summed E-state index contributed by atoms with van der Waals surface area (Å²) in [5.74, 6) is 5.45. The molecular formula is C44H42Cr2FeN18O. The summed E-state index contributed by atoms with van der Waals surface area (Å²) in [6.07, 6.45) is 13.7. The third kappa shape index (κ3) is 31.4. The van der Waals surface area contributed by atoms with Gasteiger partial charge in [0.15, 0.2) is 0 Å². The van der Waals surface area contributed by atoms with Crippen molar-refractivity contribution in [1.29, 1.82) is 0 Å². The summed E-state index contributed by atoms with van der Waals surface area (Å²) in [7, 11) is 0. The third-order valence-corrected chi connectivity index (χ3v) is 6.52. The van der Waals surface area contributed by atoms with Gasteiger partial charge in [0.05, 0.1) is 0 Å². The van der Waals surface area contributed by atoms with Gasteiger partial charge in [0.25, 0.3) is 0 Å². The standard InChI is InChI=1S/4C10H8N3.C4H10O.2Cr.Fe.2N3/c4*1-3-7-11-9(5-1)13-10-6-2-4-8-12-10;1-3-5-4-2;;;;2*1-3-2/h4*1-8H;3-4H2,1-2H3;;;;;/q4*-1;;3*+2;2*-1. The van der Waals surface area contributed by atoms with Crippen molar-refractivity contribution < 1.29 is 56.5 Å². The molecule has 0 amide bonds. The van der Waals surface area contributed by atoms with Gasteiger partial charge in [-0.05, 0) is 112 Å². The fraction of sp³-hybridized carbons (Fsp3) is 0.0909. The van der Waals surface area contributed by atoms with Crippen LogP contribution in [0.15, 0.2) is 195 Å². The maximum absolute atomic E-state index is 6.75. The molecule has 0 saturated carbocycles. The molecule has 8 aromatic rings. The number of rotatable bonds is 10. The smallest absolute Gasteiger partial charge is 0.382 e. The molecule has 8 aromatic heterocycles. The van der Waals surface area contributed by atoms with E-state index in [0.29, 0.717) is 46.5 Å². The maximum Gasteiger partial charge on any atom is 2.00 e. The Hall–Kier alpha value is -7.44. The van der Waals surface area contributed by atoms with E-state index in [0.717, 1.165) is 13.2 Å². The first-order valence-corrected chi connectivity index (χ1v) is 18.7. The zero-order valence-corrected chi connectivity index (χ0v) is 39.2. The Kier molecular flexibility index (Phi) is 39.4. The molecule has 334 valence electrons. The van der Waals surface area contributed by atoms with Crippen LogP contribution in [0.25, 0.3) is 53.2 Å². The van der Waals surface area contributed by atoms with Crippen LogP contribution in [-0.2, 0) is 56.5 Å². The first-order valence-electron chi connectivity index (χ1n) is 18.7. The Morgan fingerprint density at radius 3 is 0.545 bits per heavy atom. The van der Waals surface area contributed by atoms with Crippen LogP contribution >= 0.6 is 0 Å². The fourth-order valence-corrected chi connectivity index (χ4v) is 4.03. The molecule has 8 heterocycles. The average molecular weight is 999 g/mol. The van der Waals surface area contributed by atoms with Crippen LogP contribution in [-0.4, -0.2) is 53.1 Å². The molecular weight excluding hydrogens is 956 g/mol. The van der Waals surface area contributed by atoms with E-state index >= 15 is 0 Å². The van der Waals surface area contributed by atoms with E-state index in [9.17, 15) is 0 Å². The van der Waals surface area contributed by atoms with Crippen molar-refractivity contribution >= 4 is 46.5 Å². The predicted molar refractivity (Wildman–Crippen MR) is 247 cm³/mol. The van der Waals surface area contributed by atoms with Crippen molar-refractivity contribution in [2.45, 2.75) is 13.8 Å². The molecule has 0 saturated heterocycles. The number of hydrogen-bond donors (Lipinski definition) is 0. The number of hydrogen-bond acceptors (Lipinski definition) is 9. The molecule has 0 bridgehead atoms. The molecule has 0 N–H and O–H groups in total. The van der Waals surface area contributed by atoms with Gasteiger partial charge in [-0.1, -0.05) is 97.1 Å². The van der Waals surface area contributed by atoms with Crippen LogP contribution < -0.4 is 0 Å². The Balaban J connectivity index is 0. The number of aromatic nitrogens is 8. The van der Waals surface area contributed by atoms with E-state index in [4.69, 9.17) is 26.9 Å². The Labute approximate surface area is 416 Å². The number of nitrogens with zero attached hydrogens (tertiary/aromatic N) is 18. The Morgan fingerprint density at radius 1 is 0.333 bits per heavy atom. The van der Waals surface area contributed by atoms with Gasteiger partial charge >= 0.3 is 51.8 Å². The largest absolute Gasteiger partial charge is 2.00 e. The summed E-state index contributed by atoms with van der Waals surface area (Å²) >= 11 is 0. The molecule has 22 heteroatoms. The van der Waals surface area contributed by atoms with Crippen molar-refractivity contribution in [2.75, 3.05) is 13.2 Å². The molecule has 19 nitrogen and oxygen atoms in total. The van der Waals surface area contributed by atoms with Crippen LogP contribution in [0.1, 0.15) is 13.8 Å². The van der Waals surface area contributed by atoms with E-state index in [2.05, 4.69) is 61.1 Å². The molecule has 0 aliphatic carbocycles. The van der Waals surface area contributed by atoms with Gasteiger partial charge in [0.2, 0.25) is 0 Å². The van der Waals surface area contributed by atoms with Gasteiger partial charge in [-0.3, -0.25) is 9.82 Å². The van der Waals surface area contributed by atoms with Crippen molar-refractivity contribution in [3.05, 3.63) is 248 Å². The van der Waals surface area contributed by atoms with Gasteiger partial charge in [-0.15, -0.1) is 0 Å². The molecule has 0 aliphatic heterocycles. The average Bonchev–Trinajstić information content (AvgIpc) is 3.33. The normalized spacial score (nSPS) is 8.39. The van der Waals surface area contributed by atoms with Gasteiger partial charge in [0, 0.05) is 59.8 Å². The van der Waals surface area contributed by atoms with Crippen LogP contribution in [0.3, 0.4) is 0 Å². The van der Waals surface area contributed by atoms with Crippen LogP contribution in [0.4, 0.5) is 46.5 Å². The molecule has 0 aromatic carbocycles. The second-order valence-corrected chi connectivity index (χ2v) is 10.9. The topological polar surface area (TPSA) is 286 Å². The zero-order chi connectivity index (χ0) is 45.3. The summed E-state index contributed by atoms with van der Waals surface area (Å²) in [4.78, 5) is 35.5. The minimum atomic E-state index is 0. The van der Waals surface area contributed by atoms with Crippen LogP contribution in [0.5, 0.6) is 0 Å². The first-order chi connectivity index (χ1) is 31.0. The summed E-state index contributed by atoms with van der Waals surface area (Å²) in [5, 5.41) is 16.9. The summed E-state index contributed by atoms with van der Waals surface area (Å²) in [5.41, 5.74) is 27.0. The number of pyridine rings is 8. The molecule has 0 aliphatic rings. The van der Waals surface area contributed by atoms with Crippen molar-refractivity contribution in [3.63, 3.8) is 0 Å². The van der Waals surface area contributed by atoms with Gasteiger partial charge in [0.1, 0.15) is 0 Å². The quantitative estimate of drug-likeness (QED) is 0.0544. The zero-order valence-electron chi connectivity index (χ0n) is 35.5. The maximum atomic E-state index is 6.75. The molecule has 8 rings (SSSR count). The van der Waals surface area contributed by atoms with E-state index in [-0.39, 0.29) is 51.8 Å². The Morgan fingerprint density at radius 2 is 0.470 bits per heavy atom. The fourth-order valence-electron chi connectivity index (χ4n) is 4.03. The molecule has 0 unspecified atom stereocenters. The van der Waals surface area contributed by atoms with Crippen molar-refractivity contribution in [3.8, 4) is 0 Å². The molecule has 0 atom stereocenters. The monoisotopic (exact) mass is 998 g/mol. The minimum absolute atomic E-state index is 0. The van der Waals surface area contributed by atoms with Crippen molar-refractivity contribution in [2.24, 2.45) is 0 Å². The Bertz CT molecular complexity index is 1860. The molecule has 0 radical (unpaired) electrons.